The zero-order valence-electron chi connectivity index (χ0n) is 15.9. The Morgan fingerprint density at radius 1 is 0.893 bits per heavy atom. The van der Waals surface area contributed by atoms with Gasteiger partial charge in [0, 0.05) is 28.0 Å². The number of benzene rings is 3. The molecule has 3 aromatic carbocycles. The number of methoxy groups -OCH3 is 2. The van der Waals surface area contributed by atoms with Gasteiger partial charge in [-0.1, -0.05) is 36.4 Å². The third-order valence-corrected chi connectivity index (χ3v) is 6.52. The highest BCUT2D eigenvalue weighted by Gasteiger charge is 2.33. The molecule has 28 heavy (non-hydrogen) atoms. The van der Waals surface area contributed by atoms with E-state index in [0.29, 0.717) is 11.5 Å². The van der Waals surface area contributed by atoms with Crippen LogP contribution in [-0.4, -0.2) is 26.3 Å². The van der Waals surface area contributed by atoms with E-state index in [1.165, 1.54) is 16.0 Å². The highest BCUT2D eigenvalue weighted by atomic mass is 32.2. The van der Waals surface area contributed by atoms with Crippen LogP contribution < -0.4 is 9.47 Å². The number of fused-ring (bicyclic) bond motifs is 1. The van der Waals surface area contributed by atoms with Crippen molar-refractivity contribution in [1.82, 2.24) is 0 Å². The van der Waals surface area contributed by atoms with Crippen molar-refractivity contribution in [3.05, 3.63) is 89.0 Å². The Bertz CT molecular complexity index is 981. The molecule has 4 heteroatoms. The van der Waals surface area contributed by atoms with E-state index >= 15 is 0 Å². The van der Waals surface area contributed by atoms with Gasteiger partial charge in [-0.15, -0.1) is 11.8 Å². The van der Waals surface area contributed by atoms with Crippen molar-refractivity contribution in [3.63, 3.8) is 0 Å². The molecule has 142 valence electrons. The van der Waals surface area contributed by atoms with E-state index in [-0.39, 0.29) is 5.92 Å². The summed E-state index contributed by atoms with van der Waals surface area (Å²) in [4.78, 5) is 12.6. The zero-order valence-corrected chi connectivity index (χ0v) is 16.7. The minimum Gasteiger partial charge on any atom is -0.497 e. The molecule has 0 amide bonds. The fourth-order valence-electron chi connectivity index (χ4n) is 3.89. The van der Waals surface area contributed by atoms with Gasteiger partial charge in [0.2, 0.25) is 0 Å². The van der Waals surface area contributed by atoms with Crippen molar-refractivity contribution < 1.29 is 14.3 Å². The normalized spacial score (nSPS) is 18.2. The largest absolute Gasteiger partial charge is 0.497 e. The molecule has 0 aliphatic carbocycles. The fourth-order valence-corrected chi connectivity index (χ4v) is 5.20. The molecule has 1 heterocycles. The summed E-state index contributed by atoms with van der Waals surface area (Å²) in [5.74, 6) is 3.17. The quantitative estimate of drug-likeness (QED) is 0.536. The lowest BCUT2D eigenvalue weighted by Crippen LogP contribution is -2.20. The molecule has 0 fully saturated rings. The second-order valence-corrected chi connectivity index (χ2v) is 7.92. The van der Waals surface area contributed by atoms with Crippen LogP contribution in [0.3, 0.4) is 0 Å². The molecule has 0 aromatic heterocycles. The number of thioether (sulfide) groups is 1. The van der Waals surface area contributed by atoms with Gasteiger partial charge in [-0.3, -0.25) is 4.79 Å². The average Bonchev–Trinajstić information content (AvgIpc) is 2.78. The molecule has 1 aliphatic rings. The molecule has 2 unspecified atom stereocenters. The summed E-state index contributed by atoms with van der Waals surface area (Å²) in [6.45, 7) is 0. The molecule has 0 saturated carbocycles. The van der Waals surface area contributed by atoms with Crippen LogP contribution in [0.2, 0.25) is 0 Å². The molecule has 3 nitrogen and oxygen atoms in total. The van der Waals surface area contributed by atoms with E-state index in [2.05, 4.69) is 30.3 Å². The highest BCUT2D eigenvalue weighted by molar-refractivity contribution is 7.99. The Morgan fingerprint density at radius 3 is 2.36 bits per heavy atom. The molecule has 0 saturated heterocycles. The predicted molar refractivity (Wildman–Crippen MR) is 113 cm³/mol. The minimum atomic E-state index is 0.176. The summed E-state index contributed by atoms with van der Waals surface area (Å²) < 4.78 is 10.7. The van der Waals surface area contributed by atoms with Crippen LogP contribution >= 0.6 is 11.8 Å². The number of carbonyl (C=O) groups is 1. The number of carbonyl (C=O) groups excluding carboxylic acids is 1. The lowest BCUT2D eigenvalue weighted by Gasteiger charge is -2.34. The topological polar surface area (TPSA) is 35.5 Å². The molecule has 0 N–H and O–H groups in total. The maximum absolute atomic E-state index is 11.4. The van der Waals surface area contributed by atoms with E-state index in [4.69, 9.17) is 9.47 Å². The van der Waals surface area contributed by atoms with Crippen molar-refractivity contribution in [2.75, 3.05) is 20.0 Å². The van der Waals surface area contributed by atoms with E-state index in [1.54, 1.807) is 14.2 Å². The van der Waals surface area contributed by atoms with Crippen LogP contribution in [0.1, 0.15) is 38.9 Å². The third-order valence-electron chi connectivity index (χ3n) is 5.33. The van der Waals surface area contributed by atoms with Crippen LogP contribution in [0.25, 0.3) is 0 Å². The second kappa shape index (κ2) is 8.11. The summed E-state index contributed by atoms with van der Waals surface area (Å²) >= 11 is 1.86. The summed E-state index contributed by atoms with van der Waals surface area (Å²) in [6, 6.07) is 22.6. The summed E-state index contributed by atoms with van der Waals surface area (Å²) in [7, 11) is 3.38. The summed E-state index contributed by atoms with van der Waals surface area (Å²) in [5, 5.41) is 0. The SMILES string of the molecule is COc1ccc(C2CSc3cc(OC)ccc3C2c2cccc(C=O)c2)cc1. The minimum absolute atomic E-state index is 0.176. The molecule has 3 aromatic rings. The Balaban J connectivity index is 1.83. The number of rotatable bonds is 5. The Labute approximate surface area is 169 Å². The first kappa shape index (κ1) is 18.6. The Morgan fingerprint density at radius 2 is 1.64 bits per heavy atom. The first-order valence-electron chi connectivity index (χ1n) is 9.23. The molecular weight excluding hydrogens is 368 g/mol. The number of hydrogen-bond donors (Lipinski definition) is 0. The van der Waals surface area contributed by atoms with Crippen LogP contribution in [-0.2, 0) is 0 Å². The maximum Gasteiger partial charge on any atom is 0.150 e. The van der Waals surface area contributed by atoms with Gasteiger partial charge in [0.15, 0.2) is 0 Å². The summed E-state index contributed by atoms with van der Waals surface area (Å²) in [6.07, 6.45) is 0.915. The smallest absolute Gasteiger partial charge is 0.150 e. The van der Waals surface area contributed by atoms with Gasteiger partial charge in [-0.2, -0.15) is 0 Å². The van der Waals surface area contributed by atoms with Crippen LogP contribution in [0, 0.1) is 0 Å². The third kappa shape index (κ3) is 3.52. The van der Waals surface area contributed by atoms with Crippen LogP contribution in [0.15, 0.2) is 71.6 Å². The molecule has 0 bridgehead atoms. The zero-order chi connectivity index (χ0) is 19.5. The predicted octanol–water partition coefficient (Wildman–Crippen LogP) is 5.54. The average molecular weight is 391 g/mol. The van der Waals surface area contributed by atoms with E-state index in [0.717, 1.165) is 29.1 Å². The van der Waals surface area contributed by atoms with Crippen molar-refractivity contribution in [1.29, 1.82) is 0 Å². The van der Waals surface area contributed by atoms with Gasteiger partial charge in [0.05, 0.1) is 14.2 Å². The van der Waals surface area contributed by atoms with E-state index in [1.807, 2.05) is 48.2 Å². The van der Waals surface area contributed by atoms with Gasteiger partial charge in [-0.05, 0) is 47.0 Å². The molecular formula is C24H22O3S. The molecule has 1 aliphatic heterocycles. The number of hydrogen-bond acceptors (Lipinski definition) is 4. The van der Waals surface area contributed by atoms with Crippen LogP contribution in [0.5, 0.6) is 11.5 Å². The Kier molecular flexibility index (Phi) is 5.40. The molecule has 0 spiro atoms. The molecule has 0 radical (unpaired) electrons. The second-order valence-electron chi connectivity index (χ2n) is 6.86. The Hall–Kier alpha value is -2.72. The number of ether oxygens (including phenoxy) is 2. The van der Waals surface area contributed by atoms with Gasteiger partial charge < -0.3 is 9.47 Å². The maximum atomic E-state index is 11.4. The monoisotopic (exact) mass is 390 g/mol. The lowest BCUT2D eigenvalue weighted by atomic mass is 9.77. The summed E-state index contributed by atoms with van der Waals surface area (Å²) in [5.41, 5.74) is 4.42. The standard InChI is InChI=1S/C24H22O3S/c1-26-19-8-6-17(7-9-19)22-15-28-23-13-20(27-2)10-11-21(23)24(22)18-5-3-4-16(12-18)14-25/h3-14,22,24H,15H2,1-2H3. The van der Waals surface area contributed by atoms with Crippen molar-refractivity contribution in [2.24, 2.45) is 0 Å². The van der Waals surface area contributed by atoms with Crippen molar-refractivity contribution in [2.45, 2.75) is 16.7 Å². The van der Waals surface area contributed by atoms with E-state index < -0.39 is 0 Å². The molecule has 2 atom stereocenters. The molecule has 4 rings (SSSR count). The van der Waals surface area contributed by atoms with Gasteiger partial charge >= 0.3 is 0 Å². The van der Waals surface area contributed by atoms with Gasteiger partial charge in [0.25, 0.3) is 0 Å². The first-order chi connectivity index (χ1) is 13.7. The fraction of sp³-hybridized carbons (Fsp3) is 0.208. The number of aldehydes is 1. The van der Waals surface area contributed by atoms with E-state index in [9.17, 15) is 4.79 Å². The highest BCUT2D eigenvalue weighted by Crippen LogP contribution is 2.49. The van der Waals surface area contributed by atoms with Crippen LogP contribution in [0.4, 0.5) is 0 Å². The lowest BCUT2D eigenvalue weighted by molar-refractivity contribution is 0.112. The first-order valence-corrected chi connectivity index (χ1v) is 10.2. The van der Waals surface area contributed by atoms with Gasteiger partial charge in [0.1, 0.15) is 17.8 Å². The van der Waals surface area contributed by atoms with Gasteiger partial charge in [-0.25, -0.2) is 0 Å². The van der Waals surface area contributed by atoms with Crippen molar-refractivity contribution in [3.8, 4) is 11.5 Å². The van der Waals surface area contributed by atoms with Crippen molar-refractivity contribution >= 4 is 18.0 Å².